The lowest BCUT2D eigenvalue weighted by Gasteiger charge is -2.29. The van der Waals surface area contributed by atoms with Gasteiger partial charge in [0.15, 0.2) is 0 Å². The molecule has 1 aromatic carbocycles. The molecule has 1 aliphatic carbocycles. The summed E-state index contributed by atoms with van der Waals surface area (Å²) < 4.78 is 0. The third-order valence-corrected chi connectivity index (χ3v) is 4.76. The molecule has 6 heteroatoms. The number of carbonyl (C=O) groups is 1. The van der Waals surface area contributed by atoms with Gasteiger partial charge in [-0.1, -0.05) is 23.7 Å². The Labute approximate surface area is 146 Å². The van der Waals surface area contributed by atoms with E-state index in [2.05, 4.69) is 10.2 Å². The summed E-state index contributed by atoms with van der Waals surface area (Å²) in [6.45, 7) is 1.15. The van der Waals surface area contributed by atoms with Crippen molar-refractivity contribution in [3.05, 3.63) is 52.3 Å². The highest BCUT2D eigenvalue weighted by Crippen LogP contribution is 2.26. The van der Waals surface area contributed by atoms with Gasteiger partial charge in [0.25, 0.3) is 0 Å². The number of aliphatic hydroxyl groups excluding tert-OH is 1. The number of H-pyrrole nitrogens is 1. The number of aromatic amines is 1. The second kappa shape index (κ2) is 7.81. The Morgan fingerprint density at radius 1 is 1.46 bits per heavy atom. The molecule has 1 atom stereocenters. The minimum absolute atomic E-state index is 0.0316. The molecule has 0 bridgehead atoms. The molecule has 0 fully saturated rings. The Morgan fingerprint density at radius 3 is 3.12 bits per heavy atom. The van der Waals surface area contributed by atoms with Gasteiger partial charge in [-0.2, -0.15) is 5.10 Å². The van der Waals surface area contributed by atoms with E-state index in [9.17, 15) is 4.79 Å². The Bertz CT molecular complexity index is 701. The van der Waals surface area contributed by atoms with Gasteiger partial charge in [0.1, 0.15) is 0 Å². The van der Waals surface area contributed by atoms with Crippen molar-refractivity contribution in [3.8, 4) is 0 Å². The number of rotatable bonds is 6. The third-order valence-electron chi connectivity index (χ3n) is 4.53. The minimum atomic E-state index is -0.0316. The number of carbonyl (C=O) groups excluding carboxylic acids is 1. The highest BCUT2D eigenvalue weighted by molar-refractivity contribution is 6.30. The second-order valence-electron chi connectivity index (χ2n) is 6.28. The van der Waals surface area contributed by atoms with Crippen LogP contribution in [0.3, 0.4) is 0 Å². The summed E-state index contributed by atoms with van der Waals surface area (Å²) in [5.74, 6) is 0.111. The minimum Gasteiger partial charge on any atom is -0.396 e. The molecule has 3 rings (SSSR count). The number of benzene rings is 1. The highest BCUT2D eigenvalue weighted by Gasteiger charge is 2.29. The quantitative estimate of drug-likeness (QED) is 0.843. The van der Waals surface area contributed by atoms with Crippen LogP contribution >= 0.6 is 11.6 Å². The number of aromatic nitrogens is 2. The maximum Gasteiger partial charge on any atom is 0.226 e. The topological polar surface area (TPSA) is 69.2 Å². The molecule has 128 valence electrons. The molecule has 1 aliphatic rings. The molecule has 2 N–H and O–H groups in total. The predicted octanol–water partition coefficient (Wildman–Crippen LogP) is 2.58. The van der Waals surface area contributed by atoms with Crippen LogP contribution in [0.1, 0.15) is 29.7 Å². The summed E-state index contributed by atoms with van der Waals surface area (Å²) in [6.07, 6.45) is 4.86. The Hall–Kier alpha value is -1.85. The first kappa shape index (κ1) is 17.0. The zero-order chi connectivity index (χ0) is 16.9. The molecule has 0 aliphatic heterocycles. The maximum absolute atomic E-state index is 13.0. The van der Waals surface area contributed by atoms with Crippen LogP contribution in [0.4, 0.5) is 0 Å². The van der Waals surface area contributed by atoms with Gasteiger partial charge >= 0.3 is 0 Å². The molecule has 0 spiro atoms. The molecule has 1 unspecified atom stereocenters. The summed E-state index contributed by atoms with van der Waals surface area (Å²) in [5, 5.41) is 16.9. The first-order valence-electron chi connectivity index (χ1n) is 8.32. The average molecular weight is 348 g/mol. The summed E-state index contributed by atoms with van der Waals surface area (Å²) in [7, 11) is 0. The number of amides is 1. The van der Waals surface area contributed by atoms with E-state index in [1.165, 1.54) is 5.56 Å². The third kappa shape index (κ3) is 3.97. The predicted molar refractivity (Wildman–Crippen MR) is 92.7 cm³/mol. The van der Waals surface area contributed by atoms with E-state index in [0.29, 0.717) is 31.0 Å². The van der Waals surface area contributed by atoms with Crippen LogP contribution in [-0.4, -0.2) is 39.3 Å². The summed E-state index contributed by atoms with van der Waals surface area (Å²) in [5.41, 5.74) is 3.30. The normalized spacial score (nSPS) is 16.7. The van der Waals surface area contributed by atoms with E-state index >= 15 is 0 Å². The first-order valence-corrected chi connectivity index (χ1v) is 8.70. The fraction of sp³-hybridized carbons (Fsp3) is 0.444. The van der Waals surface area contributed by atoms with E-state index < -0.39 is 0 Å². The van der Waals surface area contributed by atoms with Gasteiger partial charge in [-0.3, -0.25) is 9.89 Å². The van der Waals surface area contributed by atoms with Crippen molar-refractivity contribution in [2.45, 2.75) is 32.2 Å². The van der Waals surface area contributed by atoms with Gasteiger partial charge < -0.3 is 10.0 Å². The van der Waals surface area contributed by atoms with Crippen LogP contribution in [0.25, 0.3) is 0 Å². The molecule has 1 amide bonds. The Kier molecular flexibility index (Phi) is 5.53. The lowest BCUT2D eigenvalue weighted by Crippen LogP contribution is -2.39. The second-order valence-corrected chi connectivity index (χ2v) is 6.72. The van der Waals surface area contributed by atoms with E-state index in [1.54, 1.807) is 0 Å². The van der Waals surface area contributed by atoms with Crippen molar-refractivity contribution < 1.29 is 9.90 Å². The average Bonchev–Trinajstić information content (AvgIpc) is 3.05. The van der Waals surface area contributed by atoms with Gasteiger partial charge in [0.2, 0.25) is 5.91 Å². The number of hydrogen-bond acceptors (Lipinski definition) is 3. The summed E-state index contributed by atoms with van der Waals surface area (Å²) in [4.78, 5) is 14.8. The van der Waals surface area contributed by atoms with Crippen LogP contribution in [0, 0.1) is 5.92 Å². The Morgan fingerprint density at radius 2 is 2.33 bits per heavy atom. The number of halogens is 1. The molecule has 2 aromatic rings. The molecular weight excluding hydrogens is 326 g/mol. The molecule has 0 saturated carbocycles. The van der Waals surface area contributed by atoms with E-state index in [4.69, 9.17) is 16.7 Å². The molecule has 0 saturated heterocycles. The van der Waals surface area contributed by atoms with Crippen LogP contribution in [0.2, 0.25) is 5.02 Å². The van der Waals surface area contributed by atoms with Crippen LogP contribution < -0.4 is 0 Å². The fourth-order valence-corrected chi connectivity index (χ4v) is 3.47. The standard InChI is InChI=1S/C18H22ClN3O2/c19-16-4-1-3-13(9-16)12-22(7-2-8-23)18(24)14-5-6-15-11-20-21-17(15)10-14/h1,3-4,9,11,14,23H,2,5-8,10,12H2,(H,20,21). The van der Waals surface area contributed by atoms with Gasteiger partial charge in [-0.25, -0.2) is 0 Å². The van der Waals surface area contributed by atoms with Gasteiger partial charge in [-0.15, -0.1) is 0 Å². The number of nitrogens with zero attached hydrogens (tertiary/aromatic N) is 2. The summed E-state index contributed by atoms with van der Waals surface area (Å²) >= 11 is 6.05. The zero-order valence-electron chi connectivity index (χ0n) is 13.5. The van der Waals surface area contributed by atoms with Gasteiger partial charge in [-0.05, 0) is 42.5 Å². The lowest BCUT2D eigenvalue weighted by molar-refractivity contribution is -0.136. The molecular formula is C18H22ClN3O2. The van der Waals surface area contributed by atoms with Crippen molar-refractivity contribution in [2.24, 2.45) is 5.92 Å². The van der Waals surface area contributed by atoms with Crippen LogP contribution in [0.15, 0.2) is 30.5 Å². The molecule has 1 aromatic heterocycles. The van der Waals surface area contributed by atoms with Crippen molar-refractivity contribution >= 4 is 17.5 Å². The molecule has 5 nitrogen and oxygen atoms in total. The lowest BCUT2D eigenvalue weighted by atomic mass is 9.87. The van der Waals surface area contributed by atoms with E-state index in [-0.39, 0.29) is 18.4 Å². The molecule has 24 heavy (non-hydrogen) atoms. The summed E-state index contributed by atoms with van der Waals surface area (Å²) in [6, 6.07) is 7.57. The fourth-order valence-electron chi connectivity index (χ4n) is 3.26. The SMILES string of the molecule is O=C(C1CCc2cn[nH]c2C1)N(CCCO)Cc1cccc(Cl)c1. The molecule has 0 radical (unpaired) electrons. The van der Waals surface area contributed by atoms with E-state index in [0.717, 1.165) is 24.1 Å². The monoisotopic (exact) mass is 347 g/mol. The van der Waals surface area contributed by atoms with Crippen molar-refractivity contribution in [2.75, 3.05) is 13.2 Å². The van der Waals surface area contributed by atoms with Crippen molar-refractivity contribution in [1.29, 1.82) is 0 Å². The first-order chi connectivity index (χ1) is 11.7. The highest BCUT2D eigenvalue weighted by atomic mass is 35.5. The Balaban J connectivity index is 1.72. The largest absolute Gasteiger partial charge is 0.396 e. The number of hydrogen-bond donors (Lipinski definition) is 2. The van der Waals surface area contributed by atoms with Crippen LogP contribution in [-0.2, 0) is 24.2 Å². The van der Waals surface area contributed by atoms with Crippen molar-refractivity contribution in [3.63, 3.8) is 0 Å². The van der Waals surface area contributed by atoms with E-state index in [1.807, 2.05) is 35.4 Å². The number of fused-ring (bicyclic) bond motifs is 1. The van der Waals surface area contributed by atoms with Gasteiger partial charge in [0, 0.05) is 42.8 Å². The smallest absolute Gasteiger partial charge is 0.226 e. The molecule has 1 heterocycles. The number of aliphatic hydroxyl groups is 1. The number of nitrogens with one attached hydrogen (secondary N) is 1. The maximum atomic E-state index is 13.0. The number of aryl methyl sites for hydroxylation is 1. The van der Waals surface area contributed by atoms with Crippen molar-refractivity contribution in [1.82, 2.24) is 15.1 Å². The zero-order valence-corrected chi connectivity index (χ0v) is 14.3. The van der Waals surface area contributed by atoms with Crippen LogP contribution in [0.5, 0.6) is 0 Å². The van der Waals surface area contributed by atoms with Gasteiger partial charge in [0.05, 0.1) is 6.20 Å².